The lowest BCUT2D eigenvalue weighted by Crippen LogP contribution is -2.12. The van der Waals surface area contributed by atoms with Gasteiger partial charge in [-0.1, -0.05) is 6.92 Å². The summed E-state index contributed by atoms with van der Waals surface area (Å²) in [6.45, 7) is 6.63. The van der Waals surface area contributed by atoms with Crippen molar-refractivity contribution in [2.75, 3.05) is 11.9 Å². The maximum absolute atomic E-state index is 5.48. The molecule has 0 aliphatic carbocycles. The summed E-state index contributed by atoms with van der Waals surface area (Å²) in [5.41, 5.74) is 0.930. The van der Waals surface area contributed by atoms with Gasteiger partial charge < -0.3 is 10.1 Å². The number of ether oxygens (including phenoxy) is 1. The molecule has 1 unspecified atom stereocenters. The molecule has 0 saturated carbocycles. The Kier molecular flexibility index (Phi) is 4.68. The van der Waals surface area contributed by atoms with Gasteiger partial charge in [-0.05, 0) is 20.3 Å². The molecule has 1 N–H and O–H groups in total. The van der Waals surface area contributed by atoms with Gasteiger partial charge in [-0.15, -0.1) is 11.3 Å². The number of hydrogen-bond donors (Lipinski definition) is 1. The maximum atomic E-state index is 5.48. The molecule has 1 atom stereocenters. The lowest BCUT2D eigenvalue weighted by Gasteiger charge is -2.17. The SMILES string of the molecule is CCOc1ncnc(NC(CC)c2nccs2)c1C. The van der Waals surface area contributed by atoms with Crippen LogP contribution in [0.4, 0.5) is 5.82 Å². The molecular weight excluding hydrogens is 260 g/mol. The number of hydrogen-bond acceptors (Lipinski definition) is 6. The van der Waals surface area contributed by atoms with E-state index in [-0.39, 0.29) is 6.04 Å². The number of nitrogens with one attached hydrogen (secondary N) is 1. The average molecular weight is 278 g/mol. The smallest absolute Gasteiger partial charge is 0.221 e. The highest BCUT2D eigenvalue weighted by molar-refractivity contribution is 7.09. The largest absolute Gasteiger partial charge is 0.478 e. The first kappa shape index (κ1) is 13.7. The minimum atomic E-state index is 0.170. The fraction of sp³-hybridized carbons (Fsp3) is 0.462. The van der Waals surface area contributed by atoms with Crippen molar-refractivity contribution in [1.29, 1.82) is 0 Å². The van der Waals surface area contributed by atoms with Crippen LogP contribution < -0.4 is 10.1 Å². The van der Waals surface area contributed by atoms with Crippen LogP contribution >= 0.6 is 11.3 Å². The van der Waals surface area contributed by atoms with Gasteiger partial charge in [-0.2, -0.15) is 0 Å². The molecule has 0 radical (unpaired) electrons. The van der Waals surface area contributed by atoms with Crippen molar-refractivity contribution in [3.63, 3.8) is 0 Å². The molecule has 0 aliphatic rings. The van der Waals surface area contributed by atoms with Gasteiger partial charge in [0.2, 0.25) is 5.88 Å². The van der Waals surface area contributed by atoms with Gasteiger partial charge in [-0.3, -0.25) is 0 Å². The molecular formula is C13H18N4OS. The summed E-state index contributed by atoms with van der Waals surface area (Å²) in [6, 6.07) is 0.170. The predicted octanol–water partition coefficient (Wildman–Crippen LogP) is 3.20. The van der Waals surface area contributed by atoms with E-state index in [2.05, 4.69) is 27.2 Å². The highest BCUT2D eigenvalue weighted by Gasteiger charge is 2.15. The van der Waals surface area contributed by atoms with Gasteiger partial charge in [0.25, 0.3) is 0 Å². The Morgan fingerprint density at radius 1 is 1.32 bits per heavy atom. The molecule has 0 aromatic carbocycles. The second kappa shape index (κ2) is 6.47. The molecule has 0 fully saturated rings. The third-order valence-corrected chi connectivity index (χ3v) is 3.68. The van der Waals surface area contributed by atoms with E-state index in [1.165, 1.54) is 6.33 Å². The van der Waals surface area contributed by atoms with Crippen LogP contribution in [0.2, 0.25) is 0 Å². The number of aromatic nitrogens is 3. The van der Waals surface area contributed by atoms with Gasteiger partial charge in [-0.25, -0.2) is 15.0 Å². The molecule has 102 valence electrons. The fourth-order valence-electron chi connectivity index (χ4n) is 1.77. The van der Waals surface area contributed by atoms with Crippen LogP contribution in [0.15, 0.2) is 17.9 Å². The van der Waals surface area contributed by atoms with Gasteiger partial charge in [0.05, 0.1) is 18.2 Å². The zero-order valence-electron chi connectivity index (χ0n) is 11.4. The molecule has 5 nitrogen and oxygen atoms in total. The molecule has 0 saturated heterocycles. The normalized spacial score (nSPS) is 12.2. The van der Waals surface area contributed by atoms with Gasteiger partial charge in [0.1, 0.15) is 17.2 Å². The average Bonchev–Trinajstić information content (AvgIpc) is 2.94. The first-order valence-electron chi connectivity index (χ1n) is 6.36. The predicted molar refractivity (Wildman–Crippen MR) is 76.7 cm³/mol. The molecule has 2 aromatic rings. The zero-order valence-corrected chi connectivity index (χ0v) is 12.2. The minimum absolute atomic E-state index is 0.170. The third-order valence-electron chi connectivity index (χ3n) is 2.79. The molecule has 2 rings (SSSR count). The number of rotatable bonds is 6. The molecule has 0 aliphatic heterocycles. The van der Waals surface area contributed by atoms with Crippen LogP contribution in [0.3, 0.4) is 0 Å². The van der Waals surface area contributed by atoms with Crippen molar-refractivity contribution in [2.45, 2.75) is 33.2 Å². The van der Waals surface area contributed by atoms with Crippen molar-refractivity contribution in [2.24, 2.45) is 0 Å². The van der Waals surface area contributed by atoms with Crippen molar-refractivity contribution in [1.82, 2.24) is 15.0 Å². The highest BCUT2D eigenvalue weighted by atomic mass is 32.1. The Hall–Kier alpha value is -1.69. The Balaban J connectivity index is 2.20. The van der Waals surface area contributed by atoms with Crippen LogP contribution in [0.25, 0.3) is 0 Å². The molecule has 2 aromatic heterocycles. The fourth-order valence-corrected chi connectivity index (χ4v) is 2.54. The van der Waals surface area contributed by atoms with Gasteiger partial charge in [0.15, 0.2) is 0 Å². The lowest BCUT2D eigenvalue weighted by atomic mass is 10.2. The van der Waals surface area contributed by atoms with E-state index in [1.54, 1.807) is 11.3 Å². The Morgan fingerprint density at radius 3 is 2.79 bits per heavy atom. The molecule has 0 bridgehead atoms. The molecule has 2 heterocycles. The standard InChI is InChI=1S/C13H18N4OS/c1-4-10(13-14-6-7-19-13)17-11-9(3)12(18-5-2)16-8-15-11/h6-8,10H,4-5H2,1-3H3,(H,15,16,17). The van der Waals surface area contributed by atoms with Crippen molar-refractivity contribution in [3.05, 3.63) is 28.5 Å². The van der Waals surface area contributed by atoms with Crippen molar-refractivity contribution in [3.8, 4) is 5.88 Å². The van der Waals surface area contributed by atoms with Crippen LogP contribution in [-0.2, 0) is 0 Å². The minimum Gasteiger partial charge on any atom is -0.478 e. The third kappa shape index (κ3) is 3.20. The number of nitrogens with zero attached hydrogens (tertiary/aromatic N) is 3. The van der Waals surface area contributed by atoms with E-state index in [9.17, 15) is 0 Å². The van der Waals surface area contributed by atoms with Gasteiger partial charge in [0, 0.05) is 11.6 Å². The van der Waals surface area contributed by atoms with E-state index < -0.39 is 0 Å². The molecule has 0 amide bonds. The Labute approximate surface area is 117 Å². The van der Waals surface area contributed by atoms with Crippen molar-refractivity contribution < 1.29 is 4.74 Å². The summed E-state index contributed by atoms with van der Waals surface area (Å²) in [7, 11) is 0. The first-order valence-corrected chi connectivity index (χ1v) is 7.24. The quantitative estimate of drug-likeness (QED) is 0.879. The summed E-state index contributed by atoms with van der Waals surface area (Å²) in [5, 5.41) is 6.47. The first-order chi connectivity index (χ1) is 9.26. The summed E-state index contributed by atoms with van der Waals surface area (Å²) in [6.07, 6.45) is 4.29. The highest BCUT2D eigenvalue weighted by Crippen LogP contribution is 2.27. The zero-order chi connectivity index (χ0) is 13.7. The van der Waals surface area contributed by atoms with E-state index >= 15 is 0 Å². The summed E-state index contributed by atoms with van der Waals surface area (Å²) >= 11 is 1.65. The second-order valence-corrected chi connectivity index (χ2v) is 4.99. The van der Waals surface area contributed by atoms with Crippen LogP contribution in [0.1, 0.15) is 36.9 Å². The maximum Gasteiger partial charge on any atom is 0.221 e. The molecule has 0 spiro atoms. The number of anilines is 1. The van der Waals surface area contributed by atoms with Crippen LogP contribution in [0.5, 0.6) is 5.88 Å². The second-order valence-electron chi connectivity index (χ2n) is 4.06. The summed E-state index contributed by atoms with van der Waals surface area (Å²) in [4.78, 5) is 12.8. The number of thiazole rings is 1. The van der Waals surface area contributed by atoms with Crippen molar-refractivity contribution >= 4 is 17.2 Å². The van der Waals surface area contributed by atoms with Crippen LogP contribution in [0, 0.1) is 6.92 Å². The Bertz CT molecular complexity index is 515. The summed E-state index contributed by atoms with van der Waals surface area (Å²) < 4.78 is 5.48. The van der Waals surface area contributed by atoms with E-state index in [0.29, 0.717) is 12.5 Å². The lowest BCUT2D eigenvalue weighted by molar-refractivity contribution is 0.324. The van der Waals surface area contributed by atoms with E-state index in [0.717, 1.165) is 22.8 Å². The van der Waals surface area contributed by atoms with E-state index in [4.69, 9.17) is 4.74 Å². The summed E-state index contributed by atoms with van der Waals surface area (Å²) in [5.74, 6) is 1.44. The topological polar surface area (TPSA) is 59.9 Å². The Morgan fingerprint density at radius 2 is 2.16 bits per heavy atom. The molecule has 19 heavy (non-hydrogen) atoms. The molecule has 6 heteroatoms. The van der Waals surface area contributed by atoms with E-state index in [1.807, 2.05) is 25.4 Å². The van der Waals surface area contributed by atoms with Gasteiger partial charge >= 0.3 is 0 Å². The van der Waals surface area contributed by atoms with Crippen LogP contribution in [-0.4, -0.2) is 21.6 Å². The monoisotopic (exact) mass is 278 g/mol.